The molecule has 2 rings (SSSR count). The molecule has 2 fully saturated rings. The summed E-state index contributed by atoms with van der Waals surface area (Å²) in [5, 5.41) is 9.16. The maximum atomic E-state index is 12.0. The fraction of sp³-hybridized carbons (Fsp3) is 0.833. The van der Waals surface area contributed by atoms with Gasteiger partial charge in [-0.25, -0.2) is 0 Å². The van der Waals surface area contributed by atoms with Gasteiger partial charge in [0.1, 0.15) is 4.75 Å². The van der Waals surface area contributed by atoms with Gasteiger partial charge in [-0.1, -0.05) is 6.92 Å². The molecule has 88 valence electrons. The van der Waals surface area contributed by atoms with Crippen LogP contribution in [0.3, 0.4) is 0 Å². The third kappa shape index (κ3) is 2.06. The van der Waals surface area contributed by atoms with E-state index in [1.807, 2.05) is 11.2 Å². The molecule has 2 aliphatic rings. The molecule has 1 heterocycles. The first-order chi connectivity index (χ1) is 7.62. The van der Waals surface area contributed by atoms with Crippen LogP contribution in [0.1, 0.15) is 26.2 Å². The largest absolute Gasteiger partial charge is 0.342 e. The fourth-order valence-corrected chi connectivity index (χ4v) is 3.03. The van der Waals surface area contributed by atoms with Gasteiger partial charge < -0.3 is 4.90 Å². The van der Waals surface area contributed by atoms with E-state index in [-0.39, 0.29) is 10.7 Å². The minimum absolute atomic E-state index is 0.244. The number of nitrogens with zero attached hydrogens (tertiary/aromatic N) is 2. The standard InChI is InChI=1S/C12H18N2OS/c1-9-7-10(9)11(15)14-5-3-12(8-13,16-2)4-6-14/h9-10H,3-7H2,1-2H3. The van der Waals surface area contributed by atoms with Gasteiger partial charge in [-0.05, 0) is 31.4 Å². The predicted molar refractivity (Wildman–Crippen MR) is 64.9 cm³/mol. The van der Waals surface area contributed by atoms with E-state index in [1.165, 1.54) is 0 Å². The monoisotopic (exact) mass is 238 g/mol. The molecule has 2 unspecified atom stereocenters. The second-order valence-corrected chi connectivity index (χ2v) is 6.14. The Balaban J connectivity index is 1.90. The van der Waals surface area contributed by atoms with Gasteiger partial charge in [-0.15, -0.1) is 11.8 Å². The first kappa shape index (κ1) is 11.8. The highest BCUT2D eigenvalue weighted by Gasteiger charge is 2.44. The Kier molecular flexibility index (Phi) is 3.16. The van der Waals surface area contributed by atoms with Crippen molar-refractivity contribution < 1.29 is 4.79 Å². The molecular formula is C12H18N2OS. The van der Waals surface area contributed by atoms with Crippen molar-refractivity contribution in [1.82, 2.24) is 4.90 Å². The fourth-order valence-electron chi connectivity index (χ4n) is 2.35. The van der Waals surface area contributed by atoms with Crippen LogP contribution in [0.4, 0.5) is 0 Å². The molecule has 1 aliphatic carbocycles. The zero-order valence-corrected chi connectivity index (χ0v) is 10.7. The molecule has 1 saturated carbocycles. The van der Waals surface area contributed by atoms with Gasteiger partial charge in [0, 0.05) is 19.0 Å². The summed E-state index contributed by atoms with van der Waals surface area (Å²) in [5.41, 5.74) is 0. The van der Waals surface area contributed by atoms with E-state index in [2.05, 4.69) is 13.0 Å². The molecule has 0 radical (unpaired) electrons. The van der Waals surface area contributed by atoms with E-state index in [0.29, 0.717) is 11.8 Å². The van der Waals surface area contributed by atoms with Gasteiger partial charge >= 0.3 is 0 Å². The number of carbonyl (C=O) groups is 1. The minimum Gasteiger partial charge on any atom is -0.342 e. The normalized spacial score (nSPS) is 31.9. The highest BCUT2D eigenvalue weighted by molar-refractivity contribution is 8.00. The molecule has 1 saturated heterocycles. The highest BCUT2D eigenvalue weighted by Crippen LogP contribution is 2.41. The van der Waals surface area contributed by atoms with Crippen molar-refractivity contribution in [2.45, 2.75) is 30.9 Å². The quantitative estimate of drug-likeness (QED) is 0.738. The van der Waals surface area contributed by atoms with Crippen LogP contribution in [0.15, 0.2) is 0 Å². The van der Waals surface area contributed by atoms with E-state index < -0.39 is 0 Å². The predicted octanol–water partition coefficient (Wildman–Crippen LogP) is 1.89. The summed E-state index contributed by atoms with van der Waals surface area (Å²) in [6.07, 6.45) is 4.68. The van der Waals surface area contributed by atoms with Crippen molar-refractivity contribution in [3.63, 3.8) is 0 Å². The summed E-state index contributed by atoms with van der Waals surface area (Å²) in [5.74, 6) is 1.18. The average Bonchev–Trinajstić information content (AvgIpc) is 3.06. The summed E-state index contributed by atoms with van der Waals surface area (Å²) in [6, 6.07) is 2.41. The lowest BCUT2D eigenvalue weighted by atomic mass is 9.97. The Morgan fingerprint density at radius 2 is 2.06 bits per heavy atom. The van der Waals surface area contributed by atoms with Gasteiger partial charge in [0.15, 0.2) is 0 Å². The number of thioether (sulfide) groups is 1. The lowest BCUT2D eigenvalue weighted by molar-refractivity contribution is -0.133. The number of rotatable bonds is 2. The number of piperidine rings is 1. The lowest BCUT2D eigenvalue weighted by Gasteiger charge is -2.36. The second-order valence-electron chi connectivity index (χ2n) is 4.95. The van der Waals surface area contributed by atoms with Crippen molar-refractivity contribution in [2.75, 3.05) is 19.3 Å². The molecule has 2 atom stereocenters. The van der Waals surface area contributed by atoms with Crippen molar-refractivity contribution in [1.29, 1.82) is 5.26 Å². The van der Waals surface area contributed by atoms with Crippen LogP contribution >= 0.6 is 11.8 Å². The molecular weight excluding hydrogens is 220 g/mol. The average molecular weight is 238 g/mol. The first-order valence-electron chi connectivity index (χ1n) is 5.87. The Hall–Kier alpha value is -0.690. The molecule has 3 nitrogen and oxygen atoms in total. The zero-order chi connectivity index (χ0) is 11.8. The van der Waals surface area contributed by atoms with Gasteiger partial charge in [-0.2, -0.15) is 5.26 Å². The van der Waals surface area contributed by atoms with E-state index >= 15 is 0 Å². The van der Waals surface area contributed by atoms with E-state index in [4.69, 9.17) is 5.26 Å². The highest BCUT2D eigenvalue weighted by atomic mass is 32.2. The summed E-state index contributed by atoms with van der Waals surface area (Å²) < 4.78 is -0.244. The molecule has 1 amide bonds. The molecule has 4 heteroatoms. The maximum Gasteiger partial charge on any atom is 0.225 e. The van der Waals surface area contributed by atoms with Gasteiger partial charge in [0.2, 0.25) is 5.91 Å². The van der Waals surface area contributed by atoms with Crippen LogP contribution < -0.4 is 0 Å². The smallest absolute Gasteiger partial charge is 0.225 e. The summed E-state index contributed by atoms with van der Waals surface area (Å²) >= 11 is 1.63. The molecule has 0 aromatic rings. The van der Waals surface area contributed by atoms with E-state index in [1.54, 1.807) is 11.8 Å². The van der Waals surface area contributed by atoms with Crippen molar-refractivity contribution in [2.24, 2.45) is 11.8 Å². The molecule has 0 N–H and O–H groups in total. The third-order valence-corrected chi connectivity index (χ3v) is 5.18. The van der Waals surface area contributed by atoms with Crippen molar-refractivity contribution >= 4 is 17.7 Å². The Labute approximate surface area is 101 Å². The number of hydrogen-bond donors (Lipinski definition) is 0. The number of carbonyl (C=O) groups excluding carboxylic acids is 1. The zero-order valence-electron chi connectivity index (χ0n) is 9.90. The molecule has 0 spiro atoms. The van der Waals surface area contributed by atoms with Crippen LogP contribution in [0, 0.1) is 23.2 Å². The third-order valence-electron chi connectivity index (χ3n) is 3.90. The van der Waals surface area contributed by atoms with Gasteiger partial charge in [0.05, 0.1) is 6.07 Å². The number of hydrogen-bond acceptors (Lipinski definition) is 3. The SMILES string of the molecule is CSC1(C#N)CCN(C(=O)C2CC2C)CC1. The topological polar surface area (TPSA) is 44.1 Å². The summed E-state index contributed by atoms with van der Waals surface area (Å²) in [7, 11) is 0. The summed E-state index contributed by atoms with van der Waals surface area (Å²) in [4.78, 5) is 14.0. The second kappa shape index (κ2) is 4.29. The van der Waals surface area contributed by atoms with E-state index in [0.717, 1.165) is 32.4 Å². The van der Waals surface area contributed by atoms with Crippen LogP contribution in [-0.2, 0) is 4.79 Å². The molecule has 16 heavy (non-hydrogen) atoms. The van der Waals surface area contributed by atoms with E-state index in [9.17, 15) is 4.79 Å². The van der Waals surface area contributed by atoms with Gasteiger partial charge in [-0.3, -0.25) is 4.79 Å². The maximum absolute atomic E-state index is 12.0. The Morgan fingerprint density at radius 3 is 2.44 bits per heavy atom. The molecule has 0 aromatic carbocycles. The molecule has 0 bridgehead atoms. The first-order valence-corrected chi connectivity index (χ1v) is 7.09. The Morgan fingerprint density at radius 1 is 1.50 bits per heavy atom. The van der Waals surface area contributed by atoms with Crippen molar-refractivity contribution in [3.05, 3.63) is 0 Å². The number of nitriles is 1. The summed E-state index contributed by atoms with van der Waals surface area (Å²) in [6.45, 7) is 3.65. The Bertz CT molecular complexity index is 328. The van der Waals surface area contributed by atoms with Crippen LogP contribution in [-0.4, -0.2) is 34.9 Å². The van der Waals surface area contributed by atoms with Crippen LogP contribution in [0.25, 0.3) is 0 Å². The van der Waals surface area contributed by atoms with Crippen molar-refractivity contribution in [3.8, 4) is 6.07 Å². The number of likely N-dealkylation sites (tertiary alicyclic amines) is 1. The minimum atomic E-state index is -0.244. The molecule has 1 aliphatic heterocycles. The van der Waals surface area contributed by atoms with Crippen LogP contribution in [0.2, 0.25) is 0 Å². The molecule has 0 aromatic heterocycles. The number of amides is 1. The van der Waals surface area contributed by atoms with Crippen LogP contribution in [0.5, 0.6) is 0 Å². The lowest BCUT2D eigenvalue weighted by Crippen LogP contribution is -2.45. The van der Waals surface area contributed by atoms with Gasteiger partial charge in [0.25, 0.3) is 0 Å².